The molecule has 0 nitrogen and oxygen atoms in total. The molecule has 104 valence electrons. The molecule has 0 atom stereocenters. The maximum Gasteiger partial charge on any atom is 2.00 e. The standard InChI is InChI=1S/2C7H7.2C2H6.W/c2*1-7-5-3-2-4-6-7;2*1-2;/h2*2-3,5-6H,1H3;2*1-2H3;/q2*-1;;;+2. The summed E-state index contributed by atoms with van der Waals surface area (Å²) < 4.78 is 0. The summed E-state index contributed by atoms with van der Waals surface area (Å²) in [6.07, 6.45) is 0. The average molecular weight is 426 g/mol. The van der Waals surface area contributed by atoms with Crippen molar-refractivity contribution in [1.29, 1.82) is 0 Å². The van der Waals surface area contributed by atoms with Crippen LogP contribution in [0.15, 0.2) is 48.5 Å². The van der Waals surface area contributed by atoms with E-state index < -0.39 is 0 Å². The van der Waals surface area contributed by atoms with Crippen molar-refractivity contribution in [3.63, 3.8) is 0 Å². The Morgan fingerprint density at radius 3 is 1.11 bits per heavy atom. The topological polar surface area (TPSA) is 0 Å². The maximum atomic E-state index is 2.96. The molecule has 0 saturated carbocycles. The van der Waals surface area contributed by atoms with Gasteiger partial charge in [0.25, 0.3) is 0 Å². The first kappa shape index (κ1) is 23.2. The number of benzene rings is 2. The largest absolute Gasteiger partial charge is 2.00 e. The first-order valence-electron chi connectivity index (χ1n) is 6.64. The fourth-order valence-corrected chi connectivity index (χ4v) is 0.966. The molecule has 0 aliphatic carbocycles. The second-order valence-corrected chi connectivity index (χ2v) is 3.16. The SMILES string of the molecule is CC.CC.Cc1c[c-]ccc1.Cc1c[c-]ccc1.[W+2]. The van der Waals surface area contributed by atoms with Crippen LogP contribution in [0.2, 0.25) is 0 Å². The summed E-state index contributed by atoms with van der Waals surface area (Å²) in [6.45, 7) is 12.1. The Hall–Kier alpha value is -0.872. The van der Waals surface area contributed by atoms with E-state index in [1.165, 1.54) is 11.1 Å². The Balaban J connectivity index is -0.000000205. The molecule has 0 aliphatic heterocycles. The zero-order valence-electron chi connectivity index (χ0n) is 13.0. The molecule has 0 amide bonds. The van der Waals surface area contributed by atoms with Gasteiger partial charge in [-0.2, -0.15) is 71.8 Å². The monoisotopic (exact) mass is 426 g/mol. The van der Waals surface area contributed by atoms with Crippen molar-refractivity contribution in [1.82, 2.24) is 0 Å². The predicted octanol–water partition coefficient (Wildman–Crippen LogP) is 5.64. The van der Waals surface area contributed by atoms with Gasteiger partial charge in [0.2, 0.25) is 0 Å². The van der Waals surface area contributed by atoms with Crippen LogP contribution in [-0.2, 0) is 21.1 Å². The Morgan fingerprint density at radius 2 is 1.00 bits per heavy atom. The van der Waals surface area contributed by atoms with E-state index in [1.54, 1.807) is 0 Å². The number of rotatable bonds is 0. The van der Waals surface area contributed by atoms with E-state index in [9.17, 15) is 0 Å². The fourth-order valence-electron chi connectivity index (χ4n) is 0.966. The minimum atomic E-state index is 0. The van der Waals surface area contributed by atoms with Crippen LogP contribution in [0.3, 0.4) is 0 Å². The summed E-state index contributed by atoms with van der Waals surface area (Å²) in [5, 5.41) is 0. The summed E-state index contributed by atoms with van der Waals surface area (Å²) >= 11 is 0. The molecule has 0 aliphatic rings. The minimum Gasteiger partial charge on any atom is -0.184 e. The molecule has 2 aromatic rings. The van der Waals surface area contributed by atoms with Crippen molar-refractivity contribution in [2.45, 2.75) is 41.5 Å². The van der Waals surface area contributed by atoms with E-state index in [1.807, 2.05) is 64.1 Å². The van der Waals surface area contributed by atoms with Crippen molar-refractivity contribution in [2.75, 3.05) is 0 Å². The van der Waals surface area contributed by atoms with Crippen molar-refractivity contribution < 1.29 is 21.1 Å². The second kappa shape index (κ2) is 19.5. The van der Waals surface area contributed by atoms with Crippen LogP contribution in [0, 0.1) is 26.0 Å². The van der Waals surface area contributed by atoms with Crippen LogP contribution in [0.25, 0.3) is 0 Å². The first-order valence-corrected chi connectivity index (χ1v) is 6.64. The van der Waals surface area contributed by atoms with Crippen molar-refractivity contribution in [3.05, 3.63) is 71.8 Å². The molecule has 19 heavy (non-hydrogen) atoms. The van der Waals surface area contributed by atoms with Gasteiger partial charge in [-0.15, -0.1) is 0 Å². The smallest absolute Gasteiger partial charge is 0.184 e. The number of aryl methyl sites for hydroxylation is 2. The van der Waals surface area contributed by atoms with Gasteiger partial charge in [0.1, 0.15) is 0 Å². The second-order valence-electron chi connectivity index (χ2n) is 3.16. The van der Waals surface area contributed by atoms with Crippen LogP contribution in [-0.4, -0.2) is 0 Å². The van der Waals surface area contributed by atoms with Gasteiger partial charge in [-0.05, 0) is 0 Å². The molecule has 0 unspecified atom stereocenters. The molecule has 2 rings (SSSR count). The number of hydrogen-bond donors (Lipinski definition) is 0. The van der Waals surface area contributed by atoms with E-state index in [-0.39, 0.29) is 21.1 Å². The van der Waals surface area contributed by atoms with E-state index >= 15 is 0 Å². The van der Waals surface area contributed by atoms with Gasteiger partial charge in [0.05, 0.1) is 0 Å². The molecule has 1 heteroatoms. The van der Waals surface area contributed by atoms with Gasteiger partial charge < -0.3 is 0 Å². The van der Waals surface area contributed by atoms with Crippen LogP contribution in [0.1, 0.15) is 38.8 Å². The van der Waals surface area contributed by atoms with E-state index in [0.29, 0.717) is 0 Å². The van der Waals surface area contributed by atoms with Crippen molar-refractivity contribution in [2.24, 2.45) is 0 Å². The Morgan fingerprint density at radius 1 is 0.684 bits per heavy atom. The van der Waals surface area contributed by atoms with Gasteiger partial charge in [0.15, 0.2) is 0 Å². The fraction of sp³-hybridized carbons (Fsp3) is 0.333. The normalized spacial score (nSPS) is 7.05. The van der Waals surface area contributed by atoms with E-state index in [0.717, 1.165) is 0 Å². The third-order valence-corrected chi connectivity index (χ3v) is 1.73. The maximum absolute atomic E-state index is 2.96. The Bertz CT molecular complexity index is 303. The molecule has 0 bridgehead atoms. The zero-order chi connectivity index (χ0) is 14.2. The van der Waals surface area contributed by atoms with Crippen LogP contribution in [0.5, 0.6) is 0 Å². The van der Waals surface area contributed by atoms with Crippen LogP contribution < -0.4 is 0 Å². The molecule has 0 spiro atoms. The summed E-state index contributed by atoms with van der Waals surface area (Å²) in [7, 11) is 0. The van der Waals surface area contributed by atoms with Gasteiger partial charge in [-0.1, -0.05) is 41.5 Å². The van der Waals surface area contributed by atoms with Gasteiger partial charge in [0, 0.05) is 0 Å². The van der Waals surface area contributed by atoms with Crippen LogP contribution >= 0.6 is 0 Å². The minimum absolute atomic E-state index is 0. The third-order valence-electron chi connectivity index (χ3n) is 1.73. The van der Waals surface area contributed by atoms with Crippen molar-refractivity contribution in [3.8, 4) is 0 Å². The first-order chi connectivity index (χ1) is 8.79. The van der Waals surface area contributed by atoms with Crippen molar-refractivity contribution >= 4 is 0 Å². The van der Waals surface area contributed by atoms with Gasteiger partial charge in [-0.25, -0.2) is 0 Å². The van der Waals surface area contributed by atoms with Gasteiger partial charge in [-0.3, -0.25) is 0 Å². The average Bonchev–Trinajstić information content (AvgIpc) is 2.46. The molecule has 0 aromatic heterocycles. The van der Waals surface area contributed by atoms with E-state index in [2.05, 4.69) is 38.1 Å². The zero-order valence-corrected chi connectivity index (χ0v) is 16.0. The summed E-state index contributed by atoms with van der Waals surface area (Å²) in [5.41, 5.74) is 2.53. The number of hydrogen-bond acceptors (Lipinski definition) is 0. The summed E-state index contributed by atoms with van der Waals surface area (Å²) in [6, 6.07) is 21.7. The molecule has 2 aromatic carbocycles. The van der Waals surface area contributed by atoms with Gasteiger partial charge >= 0.3 is 21.1 Å². The molecule has 0 saturated heterocycles. The molecular weight excluding hydrogens is 400 g/mol. The summed E-state index contributed by atoms with van der Waals surface area (Å²) in [4.78, 5) is 0. The molecule has 0 radical (unpaired) electrons. The molecule has 0 fully saturated rings. The Labute approximate surface area is 134 Å². The quantitative estimate of drug-likeness (QED) is 0.479. The van der Waals surface area contributed by atoms with E-state index in [4.69, 9.17) is 0 Å². The summed E-state index contributed by atoms with van der Waals surface area (Å²) in [5.74, 6) is 0. The molecule has 0 N–H and O–H groups in total. The third kappa shape index (κ3) is 17.1. The van der Waals surface area contributed by atoms with Crippen LogP contribution in [0.4, 0.5) is 0 Å². The molecule has 0 heterocycles. The predicted molar refractivity (Wildman–Crippen MR) is 82.7 cm³/mol. The Kier molecular flexibility index (Phi) is 23.8. The molecular formula is C18H26W.